The summed E-state index contributed by atoms with van der Waals surface area (Å²) in [5.41, 5.74) is 2.60. The van der Waals surface area contributed by atoms with E-state index in [2.05, 4.69) is 37.1 Å². The molecule has 1 fully saturated rings. The highest BCUT2D eigenvalue weighted by Gasteiger charge is 2.24. The number of nitrogens with one attached hydrogen (secondary N) is 1. The Balaban J connectivity index is 1.59. The van der Waals surface area contributed by atoms with Gasteiger partial charge in [0, 0.05) is 42.0 Å². The summed E-state index contributed by atoms with van der Waals surface area (Å²) >= 11 is 3.43. The molecular weight excluding hydrogens is 404 g/mol. The van der Waals surface area contributed by atoms with Gasteiger partial charge in [0.2, 0.25) is 5.91 Å². The highest BCUT2D eigenvalue weighted by Crippen LogP contribution is 2.19. The Morgan fingerprint density at radius 1 is 1.15 bits per heavy atom. The molecule has 1 aliphatic rings. The summed E-state index contributed by atoms with van der Waals surface area (Å²) in [6.45, 7) is 5.49. The SMILES string of the molecule is CC(C(=O)Nc1cccc(Br)c1)N1CCCN(c2ccc(C#N)cc2)CC1. The summed E-state index contributed by atoms with van der Waals surface area (Å²) < 4.78 is 0.945. The lowest BCUT2D eigenvalue weighted by molar-refractivity contribution is -0.120. The zero-order valence-electron chi connectivity index (χ0n) is 15.4. The Hall–Kier alpha value is -2.36. The minimum atomic E-state index is -0.190. The Morgan fingerprint density at radius 3 is 2.63 bits per heavy atom. The standard InChI is InChI=1S/C21H23BrN4O/c1-16(21(27)24-19-5-2-4-18(22)14-19)25-10-3-11-26(13-12-25)20-8-6-17(15-23)7-9-20/h2,4-9,14,16H,3,10-13H2,1H3,(H,24,27). The van der Waals surface area contributed by atoms with Gasteiger partial charge in [0.05, 0.1) is 17.7 Å². The van der Waals surface area contributed by atoms with E-state index in [1.807, 2.05) is 55.5 Å². The maximum atomic E-state index is 12.6. The molecule has 2 aromatic rings. The number of nitrogens with zero attached hydrogens (tertiary/aromatic N) is 3. The zero-order valence-corrected chi connectivity index (χ0v) is 16.9. The maximum absolute atomic E-state index is 12.6. The third-order valence-corrected chi connectivity index (χ3v) is 5.40. The highest BCUT2D eigenvalue weighted by molar-refractivity contribution is 9.10. The van der Waals surface area contributed by atoms with Crippen LogP contribution in [0.4, 0.5) is 11.4 Å². The van der Waals surface area contributed by atoms with Gasteiger partial charge < -0.3 is 10.2 Å². The number of hydrogen-bond donors (Lipinski definition) is 1. The first-order chi connectivity index (χ1) is 13.1. The molecule has 1 unspecified atom stereocenters. The Morgan fingerprint density at radius 2 is 1.93 bits per heavy atom. The lowest BCUT2D eigenvalue weighted by Gasteiger charge is -2.27. The fraction of sp³-hybridized carbons (Fsp3) is 0.333. The van der Waals surface area contributed by atoms with Crippen molar-refractivity contribution in [3.8, 4) is 6.07 Å². The molecule has 0 bridgehead atoms. The Bertz CT molecular complexity index is 831. The number of carbonyl (C=O) groups is 1. The Labute approximate surface area is 168 Å². The minimum absolute atomic E-state index is 0.0138. The molecule has 3 rings (SSSR count). The molecule has 0 saturated carbocycles. The normalized spacial score (nSPS) is 16.3. The topological polar surface area (TPSA) is 59.4 Å². The number of anilines is 2. The molecule has 1 heterocycles. The average molecular weight is 427 g/mol. The summed E-state index contributed by atoms with van der Waals surface area (Å²) in [5, 5.41) is 11.9. The first-order valence-electron chi connectivity index (χ1n) is 9.12. The number of rotatable bonds is 4. The van der Waals surface area contributed by atoms with Gasteiger partial charge in [-0.25, -0.2) is 0 Å². The van der Waals surface area contributed by atoms with E-state index in [0.29, 0.717) is 5.56 Å². The molecule has 2 aromatic carbocycles. The van der Waals surface area contributed by atoms with E-state index in [1.165, 1.54) is 0 Å². The number of nitriles is 1. The van der Waals surface area contributed by atoms with Crippen molar-refractivity contribution in [2.24, 2.45) is 0 Å². The number of carbonyl (C=O) groups excluding carboxylic acids is 1. The minimum Gasteiger partial charge on any atom is -0.370 e. The van der Waals surface area contributed by atoms with Crippen molar-refractivity contribution in [3.63, 3.8) is 0 Å². The summed E-state index contributed by atoms with van der Waals surface area (Å²) in [6, 6.07) is 17.3. The van der Waals surface area contributed by atoms with E-state index < -0.39 is 0 Å². The van der Waals surface area contributed by atoms with Crippen LogP contribution in [0.3, 0.4) is 0 Å². The van der Waals surface area contributed by atoms with Crippen LogP contribution < -0.4 is 10.2 Å². The number of halogens is 1. The summed E-state index contributed by atoms with van der Waals surface area (Å²) in [4.78, 5) is 17.2. The van der Waals surface area contributed by atoms with Crippen LogP contribution in [-0.4, -0.2) is 43.0 Å². The molecule has 27 heavy (non-hydrogen) atoms. The molecule has 5 nitrogen and oxygen atoms in total. The van der Waals surface area contributed by atoms with Crippen LogP contribution in [0.1, 0.15) is 18.9 Å². The van der Waals surface area contributed by atoms with Crippen molar-refractivity contribution in [3.05, 3.63) is 58.6 Å². The van der Waals surface area contributed by atoms with Crippen LogP contribution in [-0.2, 0) is 4.79 Å². The first-order valence-corrected chi connectivity index (χ1v) is 9.92. The van der Waals surface area contributed by atoms with Crippen molar-refractivity contribution < 1.29 is 4.79 Å². The van der Waals surface area contributed by atoms with E-state index >= 15 is 0 Å². The molecule has 0 aliphatic carbocycles. The summed E-state index contributed by atoms with van der Waals surface area (Å²) in [7, 11) is 0. The second kappa shape index (κ2) is 9.03. The largest absolute Gasteiger partial charge is 0.370 e. The van der Waals surface area contributed by atoms with Gasteiger partial charge in [-0.15, -0.1) is 0 Å². The first kappa shape index (κ1) is 19.4. The van der Waals surface area contributed by atoms with Crippen LogP contribution >= 0.6 is 15.9 Å². The van der Waals surface area contributed by atoms with E-state index in [0.717, 1.165) is 48.4 Å². The fourth-order valence-electron chi connectivity index (χ4n) is 3.31. The number of amides is 1. The monoisotopic (exact) mass is 426 g/mol. The molecule has 1 atom stereocenters. The predicted octanol–water partition coefficient (Wildman–Crippen LogP) is 3.86. The fourth-order valence-corrected chi connectivity index (χ4v) is 3.71. The van der Waals surface area contributed by atoms with Gasteiger partial charge in [-0.3, -0.25) is 9.69 Å². The second-order valence-electron chi connectivity index (χ2n) is 6.71. The lowest BCUT2D eigenvalue weighted by Crippen LogP contribution is -2.43. The number of hydrogen-bond acceptors (Lipinski definition) is 4. The molecule has 1 N–H and O–H groups in total. The number of benzene rings is 2. The molecule has 1 aliphatic heterocycles. The molecule has 1 saturated heterocycles. The molecule has 0 aromatic heterocycles. The van der Waals surface area contributed by atoms with Gasteiger partial charge in [0.1, 0.15) is 0 Å². The van der Waals surface area contributed by atoms with Gasteiger partial charge in [-0.2, -0.15) is 5.26 Å². The van der Waals surface area contributed by atoms with Crippen molar-refractivity contribution in [1.29, 1.82) is 5.26 Å². The van der Waals surface area contributed by atoms with E-state index in [1.54, 1.807) is 0 Å². The van der Waals surface area contributed by atoms with Crippen LogP contribution in [0.2, 0.25) is 0 Å². The van der Waals surface area contributed by atoms with Crippen molar-refractivity contribution in [1.82, 2.24) is 4.90 Å². The van der Waals surface area contributed by atoms with Gasteiger partial charge in [-0.1, -0.05) is 22.0 Å². The molecule has 0 spiro atoms. The second-order valence-corrected chi connectivity index (χ2v) is 7.63. The van der Waals surface area contributed by atoms with E-state index in [9.17, 15) is 4.79 Å². The molecule has 140 valence electrons. The van der Waals surface area contributed by atoms with Crippen LogP contribution in [0.15, 0.2) is 53.0 Å². The predicted molar refractivity (Wildman–Crippen MR) is 112 cm³/mol. The molecule has 6 heteroatoms. The van der Waals surface area contributed by atoms with Crippen molar-refractivity contribution in [2.45, 2.75) is 19.4 Å². The lowest BCUT2D eigenvalue weighted by atomic mass is 10.2. The quantitative estimate of drug-likeness (QED) is 0.805. The van der Waals surface area contributed by atoms with Crippen LogP contribution in [0.5, 0.6) is 0 Å². The van der Waals surface area contributed by atoms with Crippen molar-refractivity contribution >= 4 is 33.2 Å². The Kier molecular flexibility index (Phi) is 6.49. The van der Waals surface area contributed by atoms with Crippen LogP contribution in [0, 0.1) is 11.3 Å². The van der Waals surface area contributed by atoms with Gasteiger partial charge in [-0.05, 0) is 55.8 Å². The molecule has 1 amide bonds. The zero-order chi connectivity index (χ0) is 19.2. The summed E-state index contributed by atoms with van der Waals surface area (Å²) in [5.74, 6) is 0.0138. The third-order valence-electron chi connectivity index (χ3n) is 4.91. The highest BCUT2D eigenvalue weighted by atomic mass is 79.9. The van der Waals surface area contributed by atoms with Gasteiger partial charge in [0.25, 0.3) is 0 Å². The van der Waals surface area contributed by atoms with Crippen LogP contribution in [0.25, 0.3) is 0 Å². The third kappa shape index (κ3) is 5.09. The van der Waals surface area contributed by atoms with E-state index in [4.69, 9.17) is 5.26 Å². The smallest absolute Gasteiger partial charge is 0.241 e. The van der Waals surface area contributed by atoms with E-state index in [-0.39, 0.29) is 11.9 Å². The van der Waals surface area contributed by atoms with Gasteiger partial charge in [0.15, 0.2) is 0 Å². The van der Waals surface area contributed by atoms with Crippen molar-refractivity contribution in [2.75, 3.05) is 36.4 Å². The van der Waals surface area contributed by atoms with Gasteiger partial charge >= 0.3 is 0 Å². The molecular formula is C21H23BrN4O. The summed E-state index contributed by atoms with van der Waals surface area (Å²) in [6.07, 6.45) is 0.995. The maximum Gasteiger partial charge on any atom is 0.241 e. The molecule has 0 radical (unpaired) electrons. The average Bonchev–Trinajstić information content (AvgIpc) is 2.93.